The van der Waals surface area contributed by atoms with Crippen molar-refractivity contribution < 1.29 is 4.74 Å². The van der Waals surface area contributed by atoms with Crippen molar-refractivity contribution in [1.82, 2.24) is 15.3 Å². The third kappa shape index (κ3) is 4.64. The molecule has 0 atom stereocenters. The second-order valence-electron chi connectivity index (χ2n) is 6.24. The largest absolute Gasteiger partial charge is 0.378 e. The number of hydrogen-bond acceptors (Lipinski definition) is 5. The Morgan fingerprint density at radius 2 is 1.86 bits per heavy atom. The summed E-state index contributed by atoms with van der Waals surface area (Å²) in [6.07, 6.45) is 11.7. The molecule has 2 N–H and O–H groups in total. The molecule has 3 rings (SSSR count). The number of hydrogen-bond donors (Lipinski definition) is 2. The van der Waals surface area contributed by atoms with Crippen LogP contribution in [0.4, 0.5) is 5.95 Å². The van der Waals surface area contributed by atoms with E-state index in [0.717, 1.165) is 44.6 Å². The zero-order valence-corrected chi connectivity index (χ0v) is 12.7. The fraction of sp³-hybridized carbons (Fsp3) is 0.750. The molecule has 0 bridgehead atoms. The molecule has 0 aromatic carbocycles. The van der Waals surface area contributed by atoms with Crippen molar-refractivity contribution in [3.63, 3.8) is 0 Å². The van der Waals surface area contributed by atoms with Gasteiger partial charge in [-0.1, -0.05) is 19.3 Å². The average Bonchev–Trinajstić information content (AvgIpc) is 2.50. The Hall–Kier alpha value is -1.20. The molecule has 5 nitrogen and oxygen atoms in total. The van der Waals surface area contributed by atoms with Gasteiger partial charge in [-0.05, 0) is 37.3 Å². The second kappa shape index (κ2) is 7.71. The highest BCUT2D eigenvalue weighted by atomic mass is 16.5. The summed E-state index contributed by atoms with van der Waals surface area (Å²) in [6, 6.07) is 0.544. The van der Waals surface area contributed by atoms with Crippen LogP contribution in [0.25, 0.3) is 0 Å². The maximum absolute atomic E-state index is 5.13. The van der Waals surface area contributed by atoms with Gasteiger partial charge in [0, 0.05) is 18.9 Å². The minimum absolute atomic E-state index is 0.544. The highest BCUT2D eigenvalue weighted by Crippen LogP contribution is 2.23. The number of ether oxygens (including phenoxy) is 1. The minimum atomic E-state index is 0.544. The summed E-state index contributed by atoms with van der Waals surface area (Å²) in [4.78, 5) is 8.84. The monoisotopic (exact) mass is 290 g/mol. The Balaban J connectivity index is 1.36. The molecule has 2 fully saturated rings. The molecule has 1 aliphatic heterocycles. The van der Waals surface area contributed by atoms with Gasteiger partial charge in [-0.15, -0.1) is 0 Å². The van der Waals surface area contributed by atoms with Crippen molar-refractivity contribution >= 4 is 5.95 Å². The average molecular weight is 290 g/mol. The summed E-state index contributed by atoms with van der Waals surface area (Å²) in [5.41, 5.74) is 1.19. The normalized spacial score (nSPS) is 20.2. The highest BCUT2D eigenvalue weighted by molar-refractivity contribution is 5.24. The zero-order valence-electron chi connectivity index (χ0n) is 12.7. The number of anilines is 1. The Morgan fingerprint density at radius 3 is 2.52 bits per heavy atom. The summed E-state index contributed by atoms with van der Waals surface area (Å²) in [7, 11) is 0. The standard InChI is InChI=1S/C16H26N4O/c1-2-4-13(5-3-1)8-18-16-19-9-14(10-20-16)6-7-17-15-11-21-12-15/h9-10,13,15,17H,1-8,11-12H2,(H,18,19,20). The maximum atomic E-state index is 5.13. The van der Waals surface area contributed by atoms with E-state index in [1.54, 1.807) is 0 Å². The molecule has 0 radical (unpaired) electrons. The van der Waals surface area contributed by atoms with Gasteiger partial charge in [0.15, 0.2) is 0 Å². The van der Waals surface area contributed by atoms with Crippen LogP contribution in [0.5, 0.6) is 0 Å². The zero-order chi connectivity index (χ0) is 14.3. The van der Waals surface area contributed by atoms with Crippen LogP contribution in [0.2, 0.25) is 0 Å². The Bertz CT molecular complexity index is 413. The van der Waals surface area contributed by atoms with Crippen molar-refractivity contribution in [1.29, 1.82) is 0 Å². The van der Waals surface area contributed by atoms with Crippen LogP contribution >= 0.6 is 0 Å². The van der Waals surface area contributed by atoms with Crippen molar-refractivity contribution in [2.75, 3.05) is 31.6 Å². The lowest BCUT2D eigenvalue weighted by molar-refractivity contribution is -0.00467. The van der Waals surface area contributed by atoms with Gasteiger partial charge in [0.2, 0.25) is 5.95 Å². The first-order chi connectivity index (χ1) is 10.4. The molecule has 1 saturated carbocycles. The van der Waals surface area contributed by atoms with Gasteiger partial charge in [0.1, 0.15) is 0 Å². The molecule has 1 aromatic rings. The molecule has 1 aromatic heterocycles. The van der Waals surface area contributed by atoms with Crippen LogP contribution in [0.15, 0.2) is 12.4 Å². The number of aromatic nitrogens is 2. The lowest BCUT2D eigenvalue weighted by Gasteiger charge is -2.26. The molecule has 21 heavy (non-hydrogen) atoms. The number of nitrogens with one attached hydrogen (secondary N) is 2. The summed E-state index contributed by atoms with van der Waals surface area (Å²) in [6.45, 7) is 3.68. The molecule has 0 spiro atoms. The summed E-state index contributed by atoms with van der Waals surface area (Å²) in [5.74, 6) is 1.57. The minimum Gasteiger partial charge on any atom is -0.378 e. The predicted octanol–water partition coefficient (Wildman–Crippen LogP) is 2.00. The Kier molecular flexibility index (Phi) is 5.40. The number of rotatable bonds is 7. The smallest absolute Gasteiger partial charge is 0.222 e. The predicted molar refractivity (Wildman–Crippen MR) is 83.4 cm³/mol. The van der Waals surface area contributed by atoms with E-state index in [1.807, 2.05) is 12.4 Å². The van der Waals surface area contributed by atoms with Gasteiger partial charge in [0.25, 0.3) is 0 Å². The molecule has 0 amide bonds. The van der Waals surface area contributed by atoms with Crippen LogP contribution in [0, 0.1) is 5.92 Å². The van der Waals surface area contributed by atoms with Gasteiger partial charge in [0.05, 0.1) is 19.3 Å². The molecule has 116 valence electrons. The van der Waals surface area contributed by atoms with Crippen molar-refractivity contribution in [2.24, 2.45) is 5.92 Å². The third-order valence-electron chi connectivity index (χ3n) is 4.46. The topological polar surface area (TPSA) is 59.1 Å². The van der Waals surface area contributed by atoms with E-state index in [1.165, 1.54) is 37.7 Å². The number of nitrogens with zero attached hydrogens (tertiary/aromatic N) is 2. The highest BCUT2D eigenvalue weighted by Gasteiger charge is 2.16. The summed E-state index contributed by atoms with van der Waals surface area (Å²) in [5, 5.41) is 6.83. The molecule has 0 unspecified atom stereocenters. The van der Waals surface area contributed by atoms with E-state index in [-0.39, 0.29) is 0 Å². The van der Waals surface area contributed by atoms with Crippen molar-refractivity contribution in [2.45, 2.75) is 44.6 Å². The first-order valence-electron chi connectivity index (χ1n) is 8.26. The van der Waals surface area contributed by atoms with Crippen LogP contribution < -0.4 is 10.6 Å². The van der Waals surface area contributed by atoms with Crippen LogP contribution in [0.3, 0.4) is 0 Å². The van der Waals surface area contributed by atoms with E-state index in [9.17, 15) is 0 Å². The van der Waals surface area contributed by atoms with Gasteiger partial charge in [-0.25, -0.2) is 9.97 Å². The van der Waals surface area contributed by atoms with Gasteiger partial charge in [-0.2, -0.15) is 0 Å². The van der Waals surface area contributed by atoms with Crippen molar-refractivity contribution in [3.8, 4) is 0 Å². The lowest BCUT2D eigenvalue weighted by atomic mass is 9.89. The van der Waals surface area contributed by atoms with E-state index >= 15 is 0 Å². The quantitative estimate of drug-likeness (QED) is 0.804. The molecule has 5 heteroatoms. The molecule has 1 aliphatic carbocycles. The molecular formula is C16H26N4O. The van der Waals surface area contributed by atoms with Gasteiger partial charge in [-0.3, -0.25) is 0 Å². The lowest BCUT2D eigenvalue weighted by Crippen LogP contribution is -2.46. The van der Waals surface area contributed by atoms with Gasteiger partial charge < -0.3 is 15.4 Å². The van der Waals surface area contributed by atoms with E-state index < -0.39 is 0 Å². The summed E-state index contributed by atoms with van der Waals surface area (Å²) < 4.78 is 5.13. The fourth-order valence-corrected chi connectivity index (χ4v) is 2.98. The van der Waals surface area contributed by atoms with Crippen molar-refractivity contribution in [3.05, 3.63) is 18.0 Å². The fourth-order valence-electron chi connectivity index (χ4n) is 2.98. The van der Waals surface area contributed by atoms with Gasteiger partial charge >= 0.3 is 0 Å². The van der Waals surface area contributed by atoms with Crippen LogP contribution in [-0.4, -0.2) is 42.3 Å². The van der Waals surface area contributed by atoms with Crippen LogP contribution in [-0.2, 0) is 11.2 Å². The second-order valence-corrected chi connectivity index (χ2v) is 6.24. The molecule has 2 aliphatic rings. The maximum Gasteiger partial charge on any atom is 0.222 e. The van der Waals surface area contributed by atoms with Crippen LogP contribution in [0.1, 0.15) is 37.7 Å². The Labute approximate surface area is 126 Å². The molecule has 2 heterocycles. The first-order valence-corrected chi connectivity index (χ1v) is 8.26. The molecule has 1 saturated heterocycles. The Morgan fingerprint density at radius 1 is 1.10 bits per heavy atom. The summed E-state index contributed by atoms with van der Waals surface area (Å²) >= 11 is 0. The van der Waals surface area contributed by atoms with E-state index in [2.05, 4.69) is 20.6 Å². The third-order valence-corrected chi connectivity index (χ3v) is 4.46. The van der Waals surface area contributed by atoms with E-state index in [0.29, 0.717) is 6.04 Å². The first kappa shape index (κ1) is 14.7. The molecular weight excluding hydrogens is 264 g/mol. The van der Waals surface area contributed by atoms with E-state index in [4.69, 9.17) is 4.74 Å². The SMILES string of the molecule is c1nc(NCC2CCCCC2)ncc1CCNC1COC1.